The molecule has 1 unspecified atom stereocenters. The van der Waals surface area contributed by atoms with Gasteiger partial charge in [-0.3, -0.25) is 14.5 Å². The van der Waals surface area contributed by atoms with Crippen molar-refractivity contribution >= 4 is 11.8 Å². The molecule has 6 nitrogen and oxygen atoms in total. The first-order chi connectivity index (χ1) is 10.7. The molecule has 0 aliphatic carbocycles. The Morgan fingerprint density at radius 2 is 1.70 bits per heavy atom. The highest BCUT2D eigenvalue weighted by Gasteiger charge is 2.32. The van der Waals surface area contributed by atoms with Crippen LogP contribution in [0.2, 0.25) is 0 Å². The highest BCUT2D eigenvalue weighted by Crippen LogP contribution is 2.23. The fraction of sp³-hybridized carbons (Fsp3) is 0.882. The second-order valence-corrected chi connectivity index (χ2v) is 7.92. The topological polar surface area (TPSA) is 69.9 Å². The number of nitrogens with two attached hydrogens (primary N) is 1. The monoisotopic (exact) mass is 324 g/mol. The van der Waals surface area contributed by atoms with Crippen molar-refractivity contribution in [2.45, 2.75) is 39.7 Å². The summed E-state index contributed by atoms with van der Waals surface area (Å²) in [6.07, 6.45) is 1.12. The molecule has 2 saturated heterocycles. The molecule has 1 atom stereocenters. The Morgan fingerprint density at radius 3 is 2.17 bits per heavy atom. The van der Waals surface area contributed by atoms with E-state index >= 15 is 0 Å². The van der Waals surface area contributed by atoms with Crippen LogP contribution in [0.15, 0.2) is 0 Å². The Labute approximate surface area is 140 Å². The Bertz CT molecular complexity index is 436. The summed E-state index contributed by atoms with van der Waals surface area (Å²) in [6, 6.07) is 0. The normalized spacial score (nSPS) is 23.7. The number of amides is 2. The summed E-state index contributed by atoms with van der Waals surface area (Å²) >= 11 is 0. The summed E-state index contributed by atoms with van der Waals surface area (Å²) in [5.74, 6) is 1.50. The number of hydrogen-bond acceptors (Lipinski definition) is 4. The van der Waals surface area contributed by atoms with Crippen LogP contribution in [-0.2, 0) is 9.59 Å². The van der Waals surface area contributed by atoms with Crippen LogP contribution in [0.3, 0.4) is 0 Å². The lowest BCUT2D eigenvalue weighted by molar-refractivity contribution is -0.138. The summed E-state index contributed by atoms with van der Waals surface area (Å²) in [5, 5.41) is 0. The highest BCUT2D eigenvalue weighted by molar-refractivity contribution is 5.85. The van der Waals surface area contributed by atoms with Gasteiger partial charge in [-0.2, -0.15) is 0 Å². The van der Waals surface area contributed by atoms with E-state index in [2.05, 4.69) is 18.7 Å². The molecule has 0 aromatic rings. The zero-order valence-corrected chi connectivity index (χ0v) is 15.0. The maximum Gasteiger partial charge on any atom is 0.242 e. The quantitative estimate of drug-likeness (QED) is 0.811. The van der Waals surface area contributed by atoms with Crippen molar-refractivity contribution in [3.63, 3.8) is 0 Å². The summed E-state index contributed by atoms with van der Waals surface area (Å²) < 4.78 is 0. The Kier molecular flexibility index (Phi) is 5.68. The zero-order chi connectivity index (χ0) is 17.2. The lowest BCUT2D eigenvalue weighted by atomic mass is 9.95. The Morgan fingerprint density at radius 1 is 1.09 bits per heavy atom. The maximum atomic E-state index is 12.4. The van der Waals surface area contributed by atoms with Crippen molar-refractivity contribution in [1.82, 2.24) is 14.7 Å². The van der Waals surface area contributed by atoms with Crippen molar-refractivity contribution in [2.75, 3.05) is 45.8 Å². The van der Waals surface area contributed by atoms with Gasteiger partial charge in [-0.05, 0) is 32.1 Å². The molecule has 0 radical (unpaired) electrons. The van der Waals surface area contributed by atoms with E-state index in [-0.39, 0.29) is 11.8 Å². The molecule has 2 aliphatic rings. The van der Waals surface area contributed by atoms with Crippen molar-refractivity contribution in [1.29, 1.82) is 0 Å². The SMILES string of the molecule is CC(C)C1CCN(C(=O)CN2CCN(C(=O)C(C)(C)N)CC2)C1. The number of rotatable bonds is 4. The molecule has 23 heavy (non-hydrogen) atoms. The van der Waals surface area contributed by atoms with Crippen LogP contribution in [0.25, 0.3) is 0 Å². The minimum atomic E-state index is -0.820. The average Bonchev–Trinajstić information content (AvgIpc) is 2.96. The Hall–Kier alpha value is -1.14. The molecule has 6 heteroatoms. The van der Waals surface area contributed by atoms with Crippen LogP contribution in [0.5, 0.6) is 0 Å². The van der Waals surface area contributed by atoms with Gasteiger partial charge < -0.3 is 15.5 Å². The predicted octanol–water partition coefficient (Wildman–Crippen LogP) is 0.372. The minimum Gasteiger partial charge on any atom is -0.341 e. The third kappa shape index (κ3) is 4.67. The molecule has 0 aromatic heterocycles. The number of likely N-dealkylation sites (tertiary alicyclic amines) is 1. The van der Waals surface area contributed by atoms with Gasteiger partial charge in [0.05, 0.1) is 12.1 Å². The molecule has 0 aromatic carbocycles. The van der Waals surface area contributed by atoms with Crippen LogP contribution in [-0.4, -0.2) is 77.9 Å². The standard InChI is InChI=1S/C17H32N4O2/c1-13(2)14-5-6-21(11-14)15(22)12-19-7-9-20(10-8-19)16(23)17(3,4)18/h13-14H,5-12,18H2,1-4H3. The second kappa shape index (κ2) is 7.18. The molecule has 2 rings (SSSR count). The summed E-state index contributed by atoms with van der Waals surface area (Å²) in [7, 11) is 0. The third-order valence-electron chi connectivity index (χ3n) is 5.09. The molecular formula is C17H32N4O2. The summed E-state index contributed by atoms with van der Waals surface area (Å²) in [6.45, 7) is 13.0. The zero-order valence-electron chi connectivity index (χ0n) is 15.0. The van der Waals surface area contributed by atoms with E-state index in [0.717, 1.165) is 32.6 Å². The number of carbonyl (C=O) groups is 2. The van der Waals surface area contributed by atoms with Gasteiger partial charge in [-0.1, -0.05) is 13.8 Å². The van der Waals surface area contributed by atoms with Crippen LogP contribution in [0, 0.1) is 11.8 Å². The third-order valence-corrected chi connectivity index (χ3v) is 5.09. The second-order valence-electron chi connectivity index (χ2n) is 7.92. The van der Waals surface area contributed by atoms with E-state index < -0.39 is 5.54 Å². The lowest BCUT2D eigenvalue weighted by Gasteiger charge is -2.37. The molecule has 2 amide bonds. The maximum absolute atomic E-state index is 12.4. The molecule has 2 fully saturated rings. The fourth-order valence-electron chi connectivity index (χ4n) is 3.37. The van der Waals surface area contributed by atoms with Crippen LogP contribution in [0.4, 0.5) is 0 Å². The van der Waals surface area contributed by atoms with E-state index in [1.165, 1.54) is 0 Å². The molecule has 2 N–H and O–H groups in total. The van der Waals surface area contributed by atoms with Gasteiger partial charge in [-0.15, -0.1) is 0 Å². The van der Waals surface area contributed by atoms with Crippen LogP contribution < -0.4 is 5.73 Å². The van der Waals surface area contributed by atoms with Gasteiger partial charge in [-0.25, -0.2) is 0 Å². The van der Waals surface area contributed by atoms with Gasteiger partial charge in [0.15, 0.2) is 0 Å². The van der Waals surface area contributed by atoms with Gasteiger partial charge in [0.2, 0.25) is 11.8 Å². The first-order valence-electron chi connectivity index (χ1n) is 8.77. The summed E-state index contributed by atoms with van der Waals surface area (Å²) in [4.78, 5) is 30.6. The number of hydrogen-bond donors (Lipinski definition) is 1. The van der Waals surface area contributed by atoms with Gasteiger partial charge >= 0.3 is 0 Å². The lowest BCUT2D eigenvalue weighted by Crippen LogP contribution is -2.57. The molecule has 132 valence electrons. The van der Waals surface area contributed by atoms with Crippen LogP contribution in [0.1, 0.15) is 34.1 Å². The predicted molar refractivity (Wildman–Crippen MR) is 90.8 cm³/mol. The van der Waals surface area contributed by atoms with Crippen molar-refractivity contribution in [2.24, 2.45) is 17.6 Å². The van der Waals surface area contributed by atoms with Crippen molar-refractivity contribution in [3.05, 3.63) is 0 Å². The van der Waals surface area contributed by atoms with Crippen molar-refractivity contribution < 1.29 is 9.59 Å². The summed E-state index contributed by atoms with van der Waals surface area (Å²) in [5.41, 5.74) is 5.06. The van der Waals surface area contributed by atoms with Gasteiger partial charge in [0.1, 0.15) is 0 Å². The first kappa shape index (κ1) is 18.2. The van der Waals surface area contributed by atoms with E-state index in [1.807, 2.05) is 9.80 Å². The van der Waals surface area contributed by atoms with Crippen LogP contribution >= 0.6 is 0 Å². The number of piperazine rings is 1. The molecule has 2 aliphatic heterocycles. The van der Waals surface area contributed by atoms with E-state index in [9.17, 15) is 9.59 Å². The first-order valence-corrected chi connectivity index (χ1v) is 8.77. The largest absolute Gasteiger partial charge is 0.341 e. The Balaban J connectivity index is 1.76. The van der Waals surface area contributed by atoms with Crippen molar-refractivity contribution in [3.8, 4) is 0 Å². The minimum absolute atomic E-state index is 0.0113. The van der Waals surface area contributed by atoms with Gasteiger partial charge in [0, 0.05) is 39.3 Å². The van der Waals surface area contributed by atoms with E-state index in [4.69, 9.17) is 5.73 Å². The average molecular weight is 324 g/mol. The highest BCUT2D eigenvalue weighted by atomic mass is 16.2. The fourth-order valence-corrected chi connectivity index (χ4v) is 3.37. The van der Waals surface area contributed by atoms with E-state index in [1.54, 1.807) is 13.8 Å². The number of carbonyl (C=O) groups excluding carboxylic acids is 2. The molecule has 0 spiro atoms. The molecule has 0 saturated carbocycles. The molecule has 2 heterocycles. The smallest absolute Gasteiger partial charge is 0.242 e. The molecular weight excluding hydrogens is 292 g/mol. The molecule has 0 bridgehead atoms. The van der Waals surface area contributed by atoms with Gasteiger partial charge in [0.25, 0.3) is 0 Å². The van der Waals surface area contributed by atoms with E-state index in [0.29, 0.717) is 31.5 Å². The number of nitrogens with zero attached hydrogens (tertiary/aromatic N) is 3.